The quantitative estimate of drug-likeness (QED) is 0.567. The van der Waals surface area contributed by atoms with Crippen LogP contribution < -0.4 is 4.90 Å². The van der Waals surface area contributed by atoms with Crippen LogP contribution in [0.2, 0.25) is 5.02 Å². The highest BCUT2D eigenvalue weighted by Crippen LogP contribution is 2.51. The molecule has 0 saturated carbocycles. The Morgan fingerprint density at radius 3 is 2.40 bits per heavy atom. The van der Waals surface area contributed by atoms with E-state index in [4.69, 9.17) is 16.7 Å². The predicted octanol–water partition coefficient (Wildman–Crippen LogP) is 5.32. The number of hydrogen-bond acceptors (Lipinski definition) is 3. The zero-order valence-corrected chi connectivity index (χ0v) is 17.7. The largest absolute Gasteiger partial charge is 0.352 e. The van der Waals surface area contributed by atoms with Gasteiger partial charge in [0.2, 0.25) is 0 Å². The van der Waals surface area contributed by atoms with Crippen molar-refractivity contribution >= 4 is 28.9 Å². The Hall–Kier alpha value is -3.11. The molecule has 0 bridgehead atoms. The summed E-state index contributed by atoms with van der Waals surface area (Å²) in [4.78, 5) is 15.7. The van der Waals surface area contributed by atoms with E-state index in [1.807, 2.05) is 67.7 Å². The summed E-state index contributed by atoms with van der Waals surface area (Å²) >= 11 is 6.32. The SMILES string of the molecule is CN1c2cc(Cl)ccc2[C@@]2(C)CC(c3ccccc3)=NN(C(=O)c3ccccc3)[C@H]12. The second-order valence-corrected chi connectivity index (χ2v) is 8.61. The van der Waals surface area contributed by atoms with Gasteiger partial charge in [-0.15, -0.1) is 0 Å². The average molecular weight is 416 g/mol. The van der Waals surface area contributed by atoms with Gasteiger partial charge >= 0.3 is 0 Å². The molecule has 0 radical (unpaired) electrons. The van der Waals surface area contributed by atoms with Crippen molar-refractivity contribution in [1.29, 1.82) is 0 Å². The average Bonchev–Trinajstić information content (AvgIpc) is 3.00. The summed E-state index contributed by atoms with van der Waals surface area (Å²) in [5.41, 5.74) is 4.49. The van der Waals surface area contributed by atoms with Gasteiger partial charge in [0.05, 0.1) is 5.71 Å². The van der Waals surface area contributed by atoms with Crippen LogP contribution in [-0.4, -0.2) is 29.8 Å². The van der Waals surface area contributed by atoms with Crippen molar-refractivity contribution in [3.8, 4) is 0 Å². The Morgan fingerprint density at radius 2 is 1.70 bits per heavy atom. The Kier molecular flexibility index (Phi) is 4.40. The number of fused-ring (bicyclic) bond motifs is 3. The summed E-state index contributed by atoms with van der Waals surface area (Å²) in [5, 5.41) is 7.25. The molecule has 0 unspecified atom stereocenters. The Morgan fingerprint density at radius 1 is 1.03 bits per heavy atom. The zero-order valence-electron chi connectivity index (χ0n) is 16.9. The molecule has 4 nitrogen and oxygen atoms in total. The third-order valence-electron chi connectivity index (χ3n) is 6.22. The van der Waals surface area contributed by atoms with Gasteiger partial charge in [-0.2, -0.15) is 5.10 Å². The molecular formula is C25H22ClN3O. The first-order valence-corrected chi connectivity index (χ1v) is 10.4. The van der Waals surface area contributed by atoms with Gasteiger partial charge in [-0.05, 0) is 35.4 Å². The van der Waals surface area contributed by atoms with Crippen molar-refractivity contribution in [2.24, 2.45) is 5.10 Å². The van der Waals surface area contributed by atoms with E-state index in [0.717, 1.165) is 23.4 Å². The van der Waals surface area contributed by atoms with Crippen molar-refractivity contribution in [3.05, 3.63) is 101 Å². The lowest BCUT2D eigenvalue weighted by molar-refractivity contribution is 0.0581. The van der Waals surface area contributed by atoms with Crippen LogP contribution in [0.15, 0.2) is 84.0 Å². The zero-order chi connectivity index (χ0) is 20.9. The van der Waals surface area contributed by atoms with E-state index in [1.165, 1.54) is 5.56 Å². The van der Waals surface area contributed by atoms with Crippen molar-refractivity contribution in [1.82, 2.24) is 5.01 Å². The van der Waals surface area contributed by atoms with Gasteiger partial charge in [0, 0.05) is 35.2 Å². The Labute approximate surface area is 181 Å². The molecule has 0 N–H and O–H groups in total. The molecule has 3 aromatic rings. The molecule has 2 atom stereocenters. The van der Waals surface area contributed by atoms with E-state index in [1.54, 1.807) is 5.01 Å². The van der Waals surface area contributed by atoms with Crippen LogP contribution in [0.4, 0.5) is 5.69 Å². The molecule has 5 heteroatoms. The maximum atomic E-state index is 13.6. The molecule has 30 heavy (non-hydrogen) atoms. The van der Waals surface area contributed by atoms with E-state index < -0.39 is 0 Å². The number of benzene rings is 3. The molecule has 0 aromatic heterocycles. The summed E-state index contributed by atoms with van der Waals surface area (Å²) in [5.74, 6) is -0.106. The topological polar surface area (TPSA) is 35.9 Å². The number of likely N-dealkylation sites (N-methyl/N-ethyl adjacent to an activating group) is 1. The molecule has 0 fully saturated rings. The second-order valence-electron chi connectivity index (χ2n) is 8.17. The third-order valence-corrected chi connectivity index (χ3v) is 6.46. The van der Waals surface area contributed by atoms with Gasteiger partial charge in [0.25, 0.3) is 5.91 Å². The molecule has 0 aliphatic carbocycles. The number of amides is 1. The lowest BCUT2D eigenvalue weighted by atomic mass is 9.75. The summed E-state index contributed by atoms with van der Waals surface area (Å²) < 4.78 is 0. The minimum Gasteiger partial charge on any atom is -0.352 e. The number of carbonyl (C=O) groups excluding carboxylic acids is 1. The number of rotatable bonds is 2. The summed E-state index contributed by atoms with van der Waals surface area (Å²) in [7, 11) is 2.01. The molecule has 2 heterocycles. The molecule has 0 spiro atoms. The van der Waals surface area contributed by atoms with Crippen LogP contribution in [0.1, 0.15) is 34.8 Å². The van der Waals surface area contributed by atoms with Crippen LogP contribution >= 0.6 is 11.6 Å². The monoisotopic (exact) mass is 415 g/mol. The molecule has 1 amide bonds. The molecule has 2 aliphatic heterocycles. The fourth-order valence-electron chi connectivity index (χ4n) is 4.83. The van der Waals surface area contributed by atoms with Crippen molar-refractivity contribution < 1.29 is 4.79 Å². The van der Waals surface area contributed by atoms with Crippen molar-refractivity contribution in [2.45, 2.75) is 24.9 Å². The molecule has 5 rings (SSSR count). The van der Waals surface area contributed by atoms with Crippen molar-refractivity contribution in [3.63, 3.8) is 0 Å². The lowest BCUT2D eigenvalue weighted by Gasteiger charge is -2.44. The van der Waals surface area contributed by atoms with E-state index in [9.17, 15) is 4.79 Å². The number of hydrogen-bond donors (Lipinski definition) is 0. The minimum absolute atomic E-state index is 0.106. The van der Waals surface area contributed by atoms with Gasteiger partial charge in [0.1, 0.15) is 6.17 Å². The van der Waals surface area contributed by atoms with E-state index in [-0.39, 0.29) is 17.5 Å². The summed E-state index contributed by atoms with van der Waals surface area (Å²) in [6, 6.07) is 25.4. The maximum Gasteiger partial charge on any atom is 0.275 e. The van der Waals surface area contributed by atoms with E-state index in [0.29, 0.717) is 10.6 Å². The van der Waals surface area contributed by atoms with Gasteiger partial charge in [-0.3, -0.25) is 4.79 Å². The second kappa shape index (κ2) is 6.99. The van der Waals surface area contributed by atoms with E-state index in [2.05, 4.69) is 30.0 Å². The van der Waals surface area contributed by atoms with Crippen LogP contribution in [-0.2, 0) is 5.41 Å². The lowest BCUT2D eigenvalue weighted by Crippen LogP contribution is -2.57. The maximum absolute atomic E-state index is 13.6. The highest BCUT2D eigenvalue weighted by molar-refractivity contribution is 6.31. The van der Waals surface area contributed by atoms with Gasteiger partial charge in [-0.25, -0.2) is 5.01 Å². The minimum atomic E-state index is -0.313. The highest BCUT2D eigenvalue weighted by Gasteiger charge is 2.54. The number of hydrazone groups is 1. The number of anilines is 1. The first-order chi connectivity index (χ1) is 14.5. The fraction of sp³-hybridized carbons (Fsp3) is 0.200. The normalized spacial score (nSPS) is 22.4. The van der Waals surface area contributed by atoms with E-state index >= 15 is 0 Å². The number of halogens is 1. The van der Waals surface area contributed by atoms with Gasteiger partial charge in [-0.1, -0.05) is 73.1 Å². The smallest absolute Gasteiger partial charge is 0.275 e. The Balaban J connectivity index is 1.69. The molecular weight excluding hydrogens is 394 g/mol. The van der Waals surface area contributed by atoms with Gasteiger partial charge < -0.3 is 4.90 Å². The predicted molar refractivity (Wildman–Crippen MR) is 121 cm³/mol. The first-order valence-electron chi connectivity index (χ1n) is 10.0. The first kappa shape index (κ1) is 18.9. The van der Waals surface area contributed by atoms with Crippen LogP contribution in [0.5, 0.6) is 0 Å². The summed E-state index contributed by atoms with van der Waals surface area (Å²) in [6.07, 6.45) is 0.505. The molecule has 2 aliphatic rings. The molecule has 3 aromatic carbocycles. The standard InChI is InChI=1S/C25H22ClN3O/c1-25-16-21(17-9-5-3-6-10-17)27-29(23(30)18-11-7-4-8-12-18)24(25)28(2)22-15-19(26)13-14-20(22)25/h3-15,24H,16H2,1-2H3/t24-,25+/m0/s1. The summed E-state index contributed by atoms with van der Waals surface area (Å²) in [6.45, 7) is 2.22. The van der Waals surface area contributed by atoms with Crippen LogP contribution in [0, 0.1) is 0 Å². The highest BCUT2D eigenvalue weighted by atomic mass is 35.5. The van der Waals surface area contributed by atoms with Crippen LogP contribution in [0.3, 0.4) is 0 Å². The van der Waals surface area contributed by atoms with Crippen LogP contribution in [0.25, 0.3) is 0 Å². The van der Waals surface area contributed by atoms with Crippen molar-refractivity contribution in [2.75, 3.05) is 11.9 Å². The molecule has 0 saturated heterocycles. The van der Waals surface area contributed by atoms with Gasteiger partial charge in [0.15, 0.2) is 0 Å². The number of carbonyl (C=O) groups is 1. The fourth-order valence-corrected chi connectivity index (χ4v) is 4.99. The number of nitrogens with zero attached hydrogens (tertiary/aromatic N) is 3. The Bertz CT molecular complexity index is 1150. The third kappa shape index (κ3) is 2.83. The molecule has 150 valence electrons.